The lowest BCUT2D eigenvalue weighted by Crippen LogP contribution is -2.38. The maximum Gasteiger partial charge on any atom is 0.225 e. The molecule has 5 heteroatoms. The largest absolute Gasteiger partial charge is 0.353 e. The number of likely N-dealkylation sites (tertiary alicyclic amines) is 1. The first-order valence-corrected chi connectivity index (χ1v) is 7.82. The van der Waals surface area contributed by atoms with Crippen molar-refractivity contribution in [2.75, 3.05) is 13.1 Å². The minimum atomic E-state index is -0.290. The maximum atomic E-state index is 13.6. The summed E-state index contributed by atoms with van der Waals surface area (Å²) in [5.74, 6) is -0.626. The van der Waals surface area contributed by atoms with Gasteiger partial charge in [-0.15, -0.1) is 0 Å². The fourth-order valence-corrected chi connectivity index (χ4v) is 2.58. The lowest BCUT2D eigenvalue weighted by atomic mass is 10.1. The first kappa shape index (κ1) is 16.5. The molecule has 2 unspecified atom stereocenters. The Balaban J connectivity index is 1.87. The van der Waals surface area contributed by atoms with E-state index in [1.54, 1.807) is 23.1 Å². The Kier molecular flexibility index (Phi) is 5.52. The molecule has 1 aromatic rings. The fraction of sp³-hybridized carbons (Fsp3) is 0.529. The van der Waals surface area contributed by atoms with Gasteiger partial charge in [0.25, 0.3) is 0 Å². The van der Waals surface area contributed by atoms with Crippen molar-refractivity contribution in [2.24, 2.45) is 5.92 Å². The van der Waals surface area contributed by atoms with Crippen LogP contribution in [0, 0.1) is 11.7 Å². The van der Waals surface area contributed by atoms with E-state index in [0.717, 1.165) is 6.42 Å². The molecule has 1 N–H and O–H groups in total. The van der Waals surface area contributed by atoms with E-state index in [9.17, 15) is 14.0 Å². The third-order valence-electron chi connectivity index (χ3n) is 4.20. The normalized spacial score (nSPS) is 19.3. The number of nitrogens with zero attached hydrogens (tertiary/aromatic N) is 1. The van der Waals surface area contributed by atoms with E-state index >= 15 is 0 Å². The quantitative estimate of drug-likeness (QED) is 0.875. The van der Waals surface area contributed by atoms with Gasteiger partial charge in [0, 0.05) is 25.6 Å². The third-order valence-corrected chi connectivity index (χ3v) is 4.20. The van der Waals surface area contributed by atoms with E-state index in [4.69, 9.17) is 0 Å². The minimum absolute atomic E-state index is 0.0272. The zero-order valence-electron chi connectivity index (χ0n) is 13.1. The Labute approximate surface area is 130 Å². The average molecular weight is 306 g/mol. The van der Waals surface area contributed by atoms with Crippen LogP contribution >= 0.6 is 0 Å². The van der Waals surface area contributed by atoms with Crippen LogP contribution in [0.1, 0.15) is 32.3 Å². The number of benzene rings is 1. The first-order chi connectivity index (χ1) is 10.5. The van der Waals surface area contributed by atoms with Gasteiger partial charge in [-0.2, -0.15) is 0 Å². The fourth-order valence-electron chi connectivity index (χ4n) is 2.58. The van der Waals surface area contributed by atoms with Gasteiger partial charge in [-0.3, -0.25) is 9.59 Å². The molecular formula is C17H23FN2O2. The predicted molar refractivity (Wildman–Crippen MR) is 82.7 cm³/mol. The summed E-state index contributed by atoms with van der Waals surface area (Å²) in [6.07, 6.45) is 1.58. The van der Waals surface area contributed by atoms with Crippen LogP contribution < -0.4 is 5.32 Å². The van der Waals surface area contributed by atoms with Crippen LogP contribution in [-0.4, -0.2) is 35.8 Å². The molecule has 2 rings (SSSR count). The molecule has 22 heavy (non-hydrogen) atoms. The Bertz CT molecular complexity index is 547. The molecule has 0 spiro atoms. The molecule has 0 bridgehead atoms. The first-order valence-electron chi connectivity index (χ1n) is 7.82. The number of rotatable bonds is 6. The monoisotopic (exact) mass is 306 g/mol. The van der Waals surface area contributed by atoms with E-state index in [1.807, 2.05) is 13.8 Å². The van der Waals surface area contributed by atoms with Crippen molar-refractivity contribution >= 4 is 11.8 Å². The summed E-state index contributed by atoms with van der Waals surface area (Å²) in [5, 5.41) is 2.92. The number of hydrogen-bond acceptors (Lipinski definition) is 2. The summed E-state index contributed by atoms with van der Waals surface area (Å²) >= 11 is 0. The standard InChI is InChI=1S/C17H23FN2O2/c1-3-12(2)19-17(22)14-10-16(21)20(11-14)9-8-13-6-4-5-7-15(13)18/h4-7,12,14H,3,8-11H2,1-2H3,(H,19,22). The average Bonchev–Trinajstić information content (AvgIpc) is 2.87. The lowest BCUT2D eigenvalue weighted by Gasteiger charge is -2.18. The number of halogens is 1. The molecule has 0 saturated carbocycles. The number of amides is 2. The molecular weight excluding hydrogens is 283 g/mol. The summed E-state index contributed by atoms with van der Waals surface area (Å²) in [6.45, 7) is 4.83. The Hall–Kier alpha value is -1.91. The maximum absolute atomic E-state index is 13.6. The van der Waals surface area contributed by atoms with Crippen LogP contribution in [0.4, 0.5) is 4.39 Å². The van der Waals surface area contributed by atoms with Gasteiger partial charge in [0.15, 0.2) is 0 Å². The molecule has 1 saturated heterocycles. The van der Waals surface area contributed by atoms with Gasteiger partial charge in [-0.05, 0) is 31.4 Å². The molecule has 1 fully saturated rings. The molecule has 120 valence electrons. The zero-order chi connectivity index (χ0) is 16.1. The summed E-state index contributed by atoms with van der Waals surface area (Å²) in [6, 6.07) is 6.70. The van der Waals surface area contributed by atoms with Crippen LogP contribution in [0.25, 0.3) is 0 Å². The second-order valence-electron chi connectivity index (χ2n) is 5.90. The van der Waals surface area contributed by atoms with Crippen molar-refractivity contribution in [1.29, 1.82) is 0 Å². The third kappa shape index (κ3) is 4.06. The predicted octanol–water partition coefficient (Wildman–Crippen LogP) is 2.13. The molecule has 1 heterocycles. The van der Waals surface area contributed by atoms with E-state index in [2.05, 4.69) is 5.32 Å². The van der Waals surface area contributed by atoms with Crippen molar-refractivity contribution in [1.82, 2.24) is 10.2 Å². The molecule has 2 atom stereocenters. The van der Waals surface area contributed by atoms with Crippen LogP contribution in [0.2, 0.25) is 0 Å². The summed E-state index contributed by atoms with van der Waals surface area (Å²) in [5.41, 5.74) is 0.600. The van der Waals surface area contributed by atoms with E-state index in [1.165, 1.54) is 6.07 Å². The van der Waals surface area contributed by atoms with Crippen molar-refractivity contribution < 1.29 is 14.0 Å². The van der Waals surface area contributed by atoms with E-state index in [-0.39, 0.29) is 36.0 Å². The van der Waals surface area contributed by atoms with Crippen LogP contribution in [0.5, 0.6) is 0 Å². The molecule has 2 amide bonds. The highest BCUT2D eigenvalue weighted by Crippen LogP contribution is 2.19. The van der Waals surface area contributed by atoms with E-state index in [0.29, 0.717) is 25.1 Å². The van der Waals surface area contributed by atoms with Gasteiger partial charge in [0.2, 0.25) is 11.8 Å². The highest BCUT2D eigenvalue weighted by molar-refractivity contribution is 5.89. The second kappa shape index (κ2) is 7.38. The molecule has 0 aromatic heterocycles. The van der Waals surface area contributed by atoms with Gasteiger partial charge in [0.1, 0.15) is 5.82 Å². The van der Waals surface area contributed by atoms with Crippen molar-refractivity contribution in [3.63, 3.8) is 0 Å². The molecule has 0 aliphatic carbocycles. The van der Waals surface area contributed by atoms with Crippen LogP contribution in [0.3, 0.4) is 0 Å². The second-order valence-corrected chi connectivity index (χ2v) is 5.90. The van der Waals surface area contributed by atoms with Crippen molar-refractivity contribution in [2.45, 2.75) is 39.2 Å². The van der Waals surface area contributed by atoms with Gasteiger partial charge < -0.3 is 10.2 Å². The number of hydrogen-bond donors (Lipinski definition) is 1. The molecule has 1 aromatic carbocycles. The highest BCUT2D eigenvalue weighted by Gasteiger charge is 2.34. The van der Waals surface area contributed by atoms with Gasteiger partial charge >= 0.3 is 0 Å². The topological polar surface area (TPSA) is 49.4 Å². The summed E-state index contributed by atoms with van der Waals surface area (Å²) in [7, 11) is 0. The Morgan fingerprint density at radius 1 is 1.45 bits per heavy atom. The van der Waals surface area contributed by atoms with Crippen molar-refractivity contribution in [3.05, 3.63) is 35.6 Å². The lowest BCUT2D eigenvalue weighted by molar-refractivity contribution is -0.129. The molecule has 1 aliphatic rings. The SMILES string of the molecule is CCC(C)NC(=O)C1CC(=O)N(CCc2ccccc2F)C1. The van der Waals surface area contributed by atoms with Gasteiger partial charge in [0.05, 0.1) is 5.92 Å². The highest BCUT2D eigenvalue weighted by atomic mass is 19.1. The van der Waals surface area contributed by atoms with Gasteiger partial charge in [-0.1, -0.05) is 25.1 Å². The number of carbonyl (C=O) groups is 2. The van der Waals surface area contributed by atoms with Crippen molar-refractivity contribution in [3.8, 4) is 0 Å². The summed E-state index contributed by atoms with van der Waals surface area (Å²) < 4.78 is 13.6. The number of carbonyl (C=O) groups excluding carboxylic acids is 2. The summed E-state index contributed by atoms with van der Waals surface area (Å²) in [4.78, 5) is 25.7. The zero-order valence-corrected chi connectivity index (χ0v) is 13.1. The van der Waals surface area contributed by atoms with Crippen LogP contribution in [-0.2, 0) is 16.0 Å². The molecule has 4 nitrogen and oxygen atoms in total. The number of nitrogens with one attached hydrogen (secondary N) is 1. The van der Waals surface area contributed by atoms with Crippen LogP contribution in [0.15, 0.2) is 24.3 Å². The molecule has 1 aliphatic heterocycles. The van der Waals surface area contributed by atoms with E-state index < -0.39 is 0 Å². The Morgan fingerprint density at radius 3 is 2.86 bits per heavy atom. The minimum Gasteiger partial charge on any atom is -0.353 e. The molecule has 0 radical (unpaired) electrons. The Morgan fingerprint density at radius 2 is 2.18 bits per heavy atom. The smallest absolute Gasteiger partial charge is 0.225 e. The van der Waals surface area contributed by atoms with Gasteiger partial charge in [-0.25, -0.2) is 4.39 Å².